The topological polar surface area (TPSA) is 68.3 Å². The Morgan fingerprint density at radius 3 is 2.78 bits per heavy atom. The van der Waals surface area contributed by atoms with Crippen molar-refractivity contribution in [3.8, 4) is 0 Å². The van der Waals surface area contributed by atoms with Crippen molar-refractivity contribution in [3.05, 3.63) is 59.1 Å². The van der Waals surface area contributed by atoms with Crippen LogP contribution in [0, 0.1) is 0 Å². The summed E-state index contributed by atoms with van der Waals surface area (Å²) in [6.45, 7) is 3.54. The van der Waals surface area contributed by atoms with Gasteiger partial charge in [-0.25, -0.2) is 9.78 Å². The Labute approximate surface area is 142 Å². The van der Waals surface area contributed by atoms with E-state index in [4.69, 9.17) is 4.74 Å². The molecule has 5 nitrogen and oxygen atoms in total. The van der Waals surface area contributed by atoms with Crippen molar-refractivity contribution in [3.63, 3.8) is 0 Å². The van der Waals surface area contributed by atoms with Gasteiger partial charge in [0.05, 0.1) is 16.8 Å². The Morgan fingerprint density at radius 2 is 2.13 bits per heavy atom. The predicted molar refractivity (Wildman–Crippen MR) is 91.6 cm³/mol. The number of ether oxygens (including phenoxy) is 1. The number of thioether (sulfide) groups is 1. The fraction of sp³-hybridized carbons (Fsp3) is 0.188. The van der Waals surface area contributed by atoms with Crippen LogP contribution in [0.25, 0.3) is 0 Å². The lowest BCUT2D eigenvalue weighted by Gasteiger charge is -2.06. The summed E-state index contributed by atoms with van der Waals surface area (Å²) < 4.78 is 4.94. The molecule has 1 aromatic heterocycles. The molecule has 0 atom stereocenters. The third kappa shape index (κ3) is 5.88. The van der Waals surface area contributed by atoms with Crippen LogP contribution >= 0.6 is 23.1 Å². The highest BCUT2D eigenvalue weighted by molar-refractivity contribution is 7.98. The number of carbonyl (C=O) groups excluding carboxylic acids is 2. The van der Waals surface area contributed by atoms with Gasteiger partial charge in [0.15, 0.2) is 6.61 Å². The van der Waals surface area contributed by atoms with Crippen LogP contribution in [-0.4, -0.2) is 30.0 Å². The summed E-state index contributed by atoms with van der Waals surface area (Å²) >= 11 is 3.21. The van der Waals surface area contributed by atoms with E-state index in [1.165, 1.54) is 0 Å². The van der Waals surface area contributed by atoms with Crippen LogP contribution in [0.15, 0.2) is 52.7 Å². The molecule has 7 heteroatoms. The average molecular weight is 348 g/mol. The molecule has 120 valence electrons. The lowest BCUT2D eigenvalue weighted by Crippen LogP contribution is -2.28. The minimum absolute atomic E-state index is 0.299. The number of benzene rings is 1. The molecule has 0 fully saturated rings. The van der Waals surface area contributed by atoms with Crippen molar-refractivity contribution in [2.45, 2.75) is 10.6 Å². The molecule has 0 aliphatic carbocycles. The molecule has 1 heterocycles. The Morgan fingerprint density at radius 1 is 1.35 bits per heavy atom. The zero-order valence-corrected chi connectivity index (χ0v) is 14.0. The molecule has 0 bridgehead atoms. The number of amides is 1. The van der Waals surface area contributed by atoms with Crippen molar-refractivity contribution >= 4 is 35.0 Å². The first-order valence-electron chi connectivity index (χ1n) is 6.83. The smallest absolute Gasteiger partial charge is 0.338 e. The average Bonchev–Trinajstić information content (AvgIpc) is 3.10. The molecular formula is C16H16N2O3S2. The molecule has 1 amide bonds. The van der Waals surface area contributed by atoms with Gasteiger partial charge in [-0.2, -0.15) is 0 Å². The van der Waals surface area contributed by atoms with Gasteiger partial charge < -0.3 is 10.1 Å². The van der Waals surface area contributed by atoms with Gasteiger partial charge in [0, 0.05) is 22.6 Å². The quantitative estimate of drug-likeness (QED) is 0.451. The monoisotopic (exact) mass is 348 g/mol. The van der Waals surface area contributed by atoms with Crippen LogP contribution in [0.1, 0.15) is 16.1 Å². The summed E-state index contributed by atoms with van der Waals surface area (Å²) in [5.41, 5.74) is 3.26. The van der Waals surface area contributed by atoms with Gasteiger partial charge in [-0.3, -0.25) is 4.79 Å². The van der Waals surface area contributed by atoms with Crippen LogP contribution in [0.4, 0.5) is 0 Å². The summed E-state index contributed by atoms with van der Waals surface area (Å²) in [6, 6.07) is 7.08. The number of nitrogens with one attached hydrogen (secondary N) is 1. The van der Waals surface area contributed by atoms with Crippen molar-refractivity contribution in [1.82, 2.24) is 10.3 Å². The first kappa shape index (κ1) is 17.2. The molecule has 0 radical (unpaired) electrons. The van der Waals surface area contributed by atoms with Crippen LogP contribution in [0.5, 0.6) is 0 Å². The predicted octanol–water partition coefficient (Wildman–Crippen LogP) is 2.89. The molecule has 1 aromatic carbocycles. The Kier molecular flexibility index (Phi) is 6.83. The number of hydrogen-bond acceptors (Lipinski definition) is 6. The highest BCUT2D eigenvalue weighted by Crippen LogP contribution is 2.23. The maximum absolute atomic E-state index is 11.8. The third-order valence-electron chi connectivity index (χ3n) is 2.74. The molecule has 0 saturated heterocycles. The number of aromatic nitrogens is 1. The third-order valence-corrected chi connectivity index (χ3v) is 4.42. The first-order chi connectivity index (χ1) is 11.2. The standard InChI is InChI=1S/C16H16N2O3S2/c1-2-7-17-15(19)8-21-16(20)12-3-5-14(6-4-12)23-10-13-9-22-11-18-13/h2-6,9,11H,1,7-8,10H2,(H,17,19). The molecular weight excluding hydrogens is 332 g/mol. The number of carbonyl (C=O) groups is 2. The number of esters is 1. The first-order valence-corrected chi connectivity index (χ1v) is 8.76. The van der Waals surface area contributed by atoms with E-state index in [1.807, 2.05) is 17.5 Å². The van der Waals surface area contributed by atoms with Crippen LogP contribution in [-0.2, 0) is 15.3 Å². The van der Waals surface area contributed by atoms with Crippen LogP contribution in [0.3, 0.4) is 0 Å². The van der Waals surface area contributed by atoms with Gasteiger partial charge in [0.1, 0.15) is 0 Å². The number of hydrogen-bond donors (Lipinski definition) is 1. The molecule has 0 aliphatic rings. The molecule has 2 rings (SSSR count). The highest BCUT2D eigenvalue weighted by atomic mass is 32.2. The van der Waals surface area contributed by atoms with Crippen molar-refractivity contribution < 1.29 is 14.3 Å². The molecule has 0 saturated carbocycles. The van der Waals surface area contributed by atoms with E-state index in [1.54, 1.807) is 46.8 Å². The lowest BCUT2D eigenvalue weighted by molar-refractivity contribution is -0.124. The normalized spacial score (nSPS) is 10.1. The summed E-state index contributed by atoms with van der Waals surface area (Å²) in [7, 11) is 0. The second-order valence-corrected chi connectivity index (χ2v) is 6.23. The number of nitrogens with zero attached hydrogens (tertiary/aromatic N) is 1. The SMILES string of the molecule is C=CCNC(=O)COC(=O)c1ccc(SCc2cscn2)cc1. The maximum Gasteiger partial charge on any atom is 0.338 e. The molecule has 0 spiro atoms. The van der Waals surface area contributed by atoms with Gasteiger partial charge in [-0.1, -0.05) is 6.08 Å². The van der Waals surface area contributed by atoms with E-state index >= 15 is 0 Å². The van der Waals surface area contributed by atoms with Crippen molar-refractivity contribution in [2.75, 3.05) is 13.2 Å². The van der Waals surface area contributed by atoms with Crippen molar-refractivity contribution in [2.24, 2.45) is 0 Å². The van der Waals surface area contributed by atoms with E-state index in [0.717, 1.165) is 16.3 Å². The summed E-state index contributed by atoms with van der Waals surface area (Å²) in [5.74, 6) is -0.0833. The zero-order valence-electron chi connectivity index (χ0n) is 12.4. The zero-order chi connectivity index (χ0) is 16.5. The van der Waals surface area contributed by atoms with Gasteiger partial charge in [0.2, 0.25) is 0 Å². The van der Waals surface area contributed by atoms with Crippen molar-refractivity contribution in [1.29, 1.82) is 0 Å². The molecule has 0 unspecified atom stereocenters. The highest BCUT2D eigenvalue weighted by Gasteiger charge is 2.09. The summed E-state index contributed by atoms with van der Waals surface area (Å²) in [6.07, 6.45) is 1.56. The minimum Gasteiger partial charge on any atom is -0.452 e. The second-order valence-electron chi connectivity index (χ2n) is 4.46. The number of thiazole rings is 1. The van der Waals surface area contributed by atoms with Gasteiger partial charge >= 0.3 is 5.97 Å². The van der Waals surface area contributed by atoms with E-state index in [0.29, 0.717) is 12.1 Å². The Hall–Kier alpha value is -2.12. The maximum atomic E-state index is 11.8. The van der Waals surface area contributed by atoms with Gasteiger partial charge in [-0.05, 0) is 24.3 Å². The van der Waals surface area contributed by atoms with Crippen LogP contribution < -0.4 is 5.32 Å². The molecule has 1 N–H and O–H groups in total. The molecule has 0 aliphatic heterocycles. The van der Waals surface area contributed by atoms with E-state index in [-0.39, 0.29) is 12.5 Å². The fourth-order valence-corrected chi connectivity index (χ4v) is 3.07. The van der Waals surface area contributed by atoms with E-state index in [2.05, 4.69) is 16.9 Å². The minimum atomic E-state index is -0.519. The van der Waals surface area contributed by atoms with E-state index in [9.17, 15) is 9.59 Å². The van der Waals surface area contributed by atoms with Gasteiger partial charge in [0.25, 0.3) is 5.91 Å². The Balaban J connectivity index is 1.80. The summed E-state index contributed by atoms with van der Waals surface area (Å²) in [5, 5.41) is 4.55. The van der Waals surface area contributed by atoms with Crippen LogP contribution in [0.2, 0.25) is 0 Å². The Bertz CT molecular complexity index is 654. The lowest BCUT2D eigenvalue weighted by atomic mass is 10.2. The fourth-order valence-electron chi connectivity index (χ4n) is 1.60. The van der Waals surface area contributed by atoms with E-state index < -0.39 is 5.97 Å². The molecule has 2 aromatic rings. The molecule has 23 heavy (non-hydrogen) atoms. The summed E-state index contributed by atoms with van der Waals surface area (Å²) in [4.78, 5) is 28.4. The van der Waals surface area contributed by atoms with Gasteiger partial charge in [-0.15, -0.1) is 29.7 Å². The largest absolute Gasteiger partial charge is 0.452 e. The number of rotatable bonds is 8. The second kappa shape index (κ2) is 9.12.